The summed E-state index contributed by atoms with van der Waals surface area (Å²) in [6, 6.07) is 32.5. The van der Waals surface area contributed by atoms with Gasteiger partial charge in [-0.2, -0.15) is 5.26 Å². The number of rotatable bonds is 9. The van der Waals surface area contributed by atoms with E-state index in [2.05, 4.69) is 11.2 Å². The number of nitrogens with zero attached hydrogens (tertiary/aromatic N) is 5. The Kier molecular flexibility index (Phi) is 8.96. The van der Waals surface area contributed by atoms with Gasteiger partial charge in [-0.3, -0.25) is 9.69 Å². The van der Waals surface area contributed by atoms with Gasteiger partial charge in [0.15, 0.2) is 5.76 Å². The van der Waals surface area contributed by atoms with Crippen molar-refractivity contribution in [1.29, 1.82) is 5.26 Å². The van der Waals surface area contributed by atoms with Gasteiger partial charge in [0.1, 0.15) is 6.07 Å². The number of carbonyl (C=O) groups is 1. The molecule has 0 spiro atoms. The second kappa shape index (κ2) is 13.4. The standard InChI is InChI=1S/C34H28ClN5O3S/c35-32-14-13-31(44-32)30-16-27(38-43-30)19-39-20-28(22-41)40(33(42)21-39)18-23-11-12-26(17-36)29(15-23)37-34(24-7-3-1-4-8-24)25-9-5-2-6-10-25/h1-16,28,41H,18-22H2. The smallest absolute Gasteiger partial charge is 0.237 e. The number of piperazine rings is 1. The van der Waals surface area contributed by atoms with E-state index in [1.165, 1.54) is 11.3 Å². The van der Waals surface area contributed by atoms with Gasteiger partial charge in [-0.05, 0) is 29.8 Å². The molecule has 10 heteroatoms. The molecule has 1 saturated heterocycles. The number of aliphatic imine (C=N–C) groups is 1. The molecular weight excluding hydrogens is 594 g/mol. The Morgan fingerprint density at radius 3 is 2.39 bits per heavy atom. The van der Waals surface area contributed by atoms with E-state index >= 15 is 0 Å². The molecule has 220 valence electrons. The van der Waals surface area contributed by atoms with Crippen molar-refractivity contribution >= 4 is 40.2 Å². The second-order valence-corrected chi connectivity index (χ2v) is 12.2. The molecule has 3 heterocycles. The van der Waals surface area contributed by atoms with Gasteiger partial charge in [-0.1, -0.05) is 83.5 Å². The lowest BCUT2D eigenvalue weighted by Crippen LogP contribution is -2.57. The van der Waals surface area contributed by atoms with Gasteiger partial charge < -0.3 is 14.5 Å². The van der Waals surface area contributed by atoms with Crippen LogP contribution in [0.5, 0.6) is 0 Å². The van der Waals surface area contributed by atoms with Gasteiger partial charge in [0, 0.05) is 36.8 Å². The van der Waals surface area contributed by atoms with E-state index in [1.54, 1.807) is 11.0 Å². The van der Waals surface area contributed by atoms with E-state index in [0.29, 0.717) is 40.1 Å². The number of thiophene rings is 1. The van der Waals surface area contributed by atoms with Crippen LogP contribution in [0, 0.1) is 11.3 Å². The zero-order valence-corrected chi connectivity index (χ0v) is 25.2. The predicted molar refractivity (Wildman–Crippen MR) is 171 cm³/mol. The molecule has 1 aliphatic rings. The lowest BCUT2D eigenvalue weighted by Gasteiger charge is -2.40. The van der Waals surface area contributed by atoms with Crippen LogP contribution in [0.1, 0.15) is 27.9 Å². The van der Waals surface area contributed by atoms with Crippen LogP contribution in [0.25, 0.3) is 10.6 Å². The molecule has 5 aromatic rings. The Balaban J connectivity index is 1.21. The number of aliphatic hydroxyl groups excluding tert-OH is 1. The van der Waals surface area contributed by atoms with E-state index in [-0.39, 0.29) is 25.6 Å². The minimum atomic E-state index is -0.412. The number of amides is 1. The lowest BCUT2D eigenvalue weighted by molar-refractivity contribution is -0.142. The summed E-state index contributed by atoms with van der Waals surface area (Å²) in [6.45, 7) is 1.16. The fourth-order valence-corrected chi connectivity index (χ4v) is 6.28. The van der Waals surface area contributed by atoms with Crippen LogP contribution in [0.2, 0.25) is 4.34 Å². The normalized spacial score (nSPS) is 15.2. The number of carbonyl (C=O) groups excluding carboxylic acids is 1. The summed E-state index contributed by atoms with van der Waals surface area (Å²) in [6.07, 6.45) is 0. The van der Waals surface area contributed by atoms with Gasteiger partial charge in [0.2, 0.25) is 5.91 Å². The van der Waals surface area contributed by atoms with Crippen molar-refractivity contribution in [2.45, 2.75) is 19.1 Å². The molecule has 3 aromatic carbocycles. The highest BCUT2D eigenvalue weighted by Crippen LogP contribution is 2.32. The SMILES string of the molecule is N#Cc1ccc(CN2C(=O)CN(Cc3cc(-c4ccc(Cl)s4)on3)CC2CO)cc1N=C(c1ccccc1)c1ccccc1. The Morgan fingerprint density at radius 2 is 1.75 bits per heavy atom. The summed E-state index contributed by atoms with van der Waals surface area (Å²) in [4.78, 5) is 22.9. The van der Waals surface area contributed by atoms with E-state index in [9.17, 15) is 15.2 Å². The number of hydrogen-bond acceptors (Lipinski definition) is 8. The first-order valence-corrected chi connectivity index (χ1v) is 15.3. The van der Waals surface area contributed by atoms with Gasteiger partial charge in [-0.25, -0.2) is 4.99 Å². The number of nitriles is 1. The predicted octanol–water partition coefficient (Wildman–Crippen LogP) is 6.30. The first kappa shape index (κ1) is 29.5. The molecule has 0 aliphatic carbocycles. The van der Waals surface area contributed by atoms with E-state index in [4.69, 9.17) is 21.1 Å². The average molecular weight is 622 g/mol. The molecule has 2 aromatic heterocycles. The maximum atomic E-state index is 13.4. The van der Waals surface area contributed by atoms with Crippen LogP contribution in [0.3, 0.4) is 0 Å². The van der Waals surface area contributed by atoms with Crippen LogP contribution in [0.4, 0.5) is 5.69 Å². The van der Waals surface area contributed by atoms with Gasteiger partial charge in [-0.15, -0.1) is 11.3 Å². The molecular formula is C34H28ClN5O3S. The molecule has 0 bridgehead atoms. The van der Waals surface area contributed by atoms with Crippen molar-refractivity contribution in [3.05, 3.63) is 129 Å². The molecule has 0 saturated carbocycles. The Bertz CT molecular complexity index is 1790. The molecule has 8 nitrogen and oxygen atoms in total. The average Bonchev–Trinajstić information content (AvgIpc) is 3.70. The maximum Gasteiger partial charge on any atom is 0.237 e. The van der Waals surface area contributed by atoms with Crippen LogP contribution < -0.4 is 0 Å². The molecule has 1 aliphatic heterocycles. The molecule has 44 heavy (non-hydrogen) atoms. The second-order valence-electron chi connectivity index (χ2n) is 10.5. The summed E-state index contributed by atoms with van der Waals surface area (Å²) < 4.78 is 6.16. The van der Waals surface area contributed by atoms with Crippen molar-refractivity contribution in [2.24, 2.45) is 4.99 Å². The summed E-state index contributed by atoms with van der Waals surface area (Å²) in [5, 5.41) is 24.3. The summed E-state index contributed by atoms with van der Waals surface area (Å²) >= 11 is 7.46. The van der Waals surface area contributed by atoms with Crippen LogP contribution in [-0.4, -0.2) is 57.4 Å². The van der Waals surface area contributed by atoms with Crippen LogP contribution in [0.15, 0.2) is 107 Å². The lowest BCUT2D eigenvalue weighted by atomic mass is 10.0. The van der Waals surface area contributed by atoms with E-state index in [1.807, 2.05) is 95.9 Å². The molecule has 1 atom stereocenters. The fourth-order valence-electron chi connectivity index (χ4n) is 5.29. The first-order valence-electron chi connectivity index (χ1n) is 14.1. The highest BCUT2D eigenvalue weighted by molar-refractivity contribution is 7.19. The highest BCUT2D eigenvalue weighted by Gasteiger charge is 2.32. The summed E-state index contributed by atoms with van der Waals surface area (Å²) in [5.41, 5.74) is 5.08. The van der Waals surface area contributed by atoms with Crippen molar-refractivity contribution in [1.82, 2.24) is 15.0 Å². The largest absolute Gasteiger partial charge is 0.394 e. The minimum absolute atomic E-state index is 0.104. The zero-order valence-electron chi connectivity index (χ0n) is 23.6. The van der Waals surface area contributed by atoms with E-state index in [0.717, 1.165) is 27.3 Å². The topological polar surface area (TPSA) is 106 Å². The molecule has 1 unspecified atom stereocenters. The number of aromatic nitrogens is 1. The third-order valence-corrected chi connectivity index (χ3v) is 8.67. The number of benzene rings is 3. The van der Waals surface area contributed by atoms with Gasteiger partial charge in [0.25, 0.3) is 0 Å². The third kappa shape index (κ3) is 6.64. The maximum absolute atomic E-state index is 13.4. The number of aliphatic hydroxyl groups is 1. The van der Waals surface area contributed by atoms with Crippen molar-refractivity contribution in [3.8, 4) is 16.7 Å². The van der Waals surface area contributed by atoms with Crippen LogP contribution in [-0.2, 0) is 17.9 Å². The quantitative estimate of drug-likeness (QED) is 0.194. The van der Waals surface area contributed by atoms with Crippen molar-refractivity contribution in [3.63, 3.8) is 0 Å². The van der Waals surface area contributed by atoms with Crippen LogP contribution >= 0.6 is 22.9 Å². The molecule has 0 radical (unpaired) electrons. The van der Waals surface area contributed by atoms with Crippen molar-refractivity contribution < 1.29 is 14.4 Å². The summed E-state index contributed by atoms with van der Waals surface area (Å²) in [5.74, 6) is 0.523. The Labute approximate surface area is 264 Å². The Hall–Kier alpha value is -4.59. The van der Waals surface area contributed by atoms with Gasteiger partial charge >= 0.3 is 0 Å². The number of halogens is 1. The summed E-state index contributed by atoms with van der Waals surface area (Å²) in [7, 11) is 0. The van der Waals surface area contributed by atoms with Crippen molar-refractivity contribution in [2.75, 3.05) is 19.7 Å². The molecule has 6 rings (SSSR count). The Morgan fingerprint density at radius 1 is 1.02 bits per heavy atom. The fraction of sp³-hybridized carbons (Fsp3) is 0.176. The van der Waals surface area contributed by atoms with E-state index < -0.39 is 6.04 Å². The zero-order chi connectivity index (χ0) is 30.5. The monoisotopic (exact) mass is 621 g/mol. The molecule has 1 N–H and O–H groups in total. The molecule has 1 fully saturated rings. The minimum Gasteiger partial charge on any atom is -0.394 e. The van der Waals surface area contributed by atoms with Gasteiger partial charge in [0.05, 0.1) is 51.1 Å². The highest BCUT2D eigenvalue weighted by atomic mass is 35.5. The number of hydrogen-bond donors (Lipinski definition) is 1. The molecule has 1 amide bonds. The first-order chi connectivity index (χ1) is 21.5. The third-order valence-electron chi connectivity index (χ3n) is 7.42.